The zero-order valence-corrected chi connectivity index (χ0v) is 18.0. The molecule has 0 saturated carbocycles. The molecule has 0 aliphatic carbocycles. The second-order valence-corrected chi connectivity index (χ2v) is 7.17. The number of nitrogens with zero attached hydrogens (tertiary/aromatic N) is 1. The first-order chi connectivity index (χ1) is 14.0. The number of allylic oxidation sites excluding steroid dienone is 1. The molecule has 0 aromatic carbocycles. The van der Waals surface area contributed by atoms with Crippen LogP contribution in [0.5, 0.6) is 0 Å². The third kappa shape index (κ3) is 10.6. The minimum Gasteiger partial charge on any atom is -0.379 e. The van der Waals surface area contributed by atoms with Crippen LogP contribution in [0.2, 0.25) is 0 Å². The van der Waals surface area contributed by atoms with Crippen LogP contribution in [-0.4, -0.2) is 80.5 Å². The van der Waals surface area contributed by atoms with Gasteiger partial charge in [0.25, 0.3) is 0 Å². The van der Waals surface area contributed by atoms with Gasteiger partial charge in [0.2, 0.25) is 17.7 Å². The number of thiol groups is 1. The van der Waals surface area contributed by atoms with E-state index in [9.17, 15) is 14.4 Å². The fourth-order valence-corrected chi connectivity index (χ4v) is 3.22. The summed E-state index contributed by atoms with van der Waals surface area (Å²) in [6.07, 6.45) is 3.55. The van der Waals surface area contributed by atoms with Crippen LogP contribution in [0.4, 0.5) is 0 Å². The first-order valence-electron chi connectivity index (χ1n) is 10.0. The summed E-state index contributed by atoms with van der Waals surface area (Å²) in [5.41, 5.74) is 6.21. The van der Waals surface area contributed by atoms with Crippen molar-refractivity contribution in [1.29, 1.82) is 0 Å². The summed E-state index contributed by atoms with van der Waals surface area (Å²) in [7, 11) is 0. The number of carbonyl (C=O) groups excluding carboxylic acids is 3. The van der Waals surface area contributed by atoms with Gasteiger partial charge in [0.15, 0.2) is 0 Å². The Hall–Kier alpha value is -1.62. The average Bonchev–Trinajstić information content (AvgIpc) is 2.97. The minimum absolute atomic E-state index is 0.00211. The lowest BCUT2D eigenvalue weighted by Crippen LogP contribution is -2.32. The quantitative estimate of drug-likeness (QED) is 0.211. The maximum atomic E-state index is 11.9. The SMILES string of the molecule is C/C=C1\C(S)CC(=O)N1CCC(=O)NCCOCCOCCC(=O)NCCCN. The van der Waals surface area contributed by atoms with Crippen LogP contribution in [0, 0.1) is 0 Å². The van der Waals surface area contributed by atoms with Crippen molar-refractivity contribution >= 4 is 30.4 Å². The Balaban J connectivity index is 1.96. The summed E-state index contributed by atoms with van der Waals surface area (Å²) in [6.45, 7) is 5.24. The molecule has 29 heavy (non-hydrogen) atoms. The Morgan fingerprint density at radius 1 is 1.14 bits per heavy atom. The highest BCUT2D eigenvalue weighted by atomic mass is 32.1. The van der Waals surface area contributed by atoms with Crippen molar-refractivity contribution in [3.63, 3.8) is 0 Å². The highest BCUT2D eigenvalue weighted by molar-refractivity contribution is 7.81. The van der Waals surface area contributed by atoms with E-state index in [0.29, 0.717) is 65.4 Å². The van der Waals surface area contributed by atoms with Gasteiger partial charge >= 0.3 is 0 Å². The van der Waals surface area contributed by atoms with Gasteiger partial charge in [-0.25, -0.2) is 0 Å². The van der Waals surface area contributed by atoms with E-state index in [1.54, 1.807) is 4.90 Å². The minimum atomic E-state index is -0.128. The van der Waals surface area contributed by atoms with E-state index >= 15 is 0 Å². The molecular weight excluding hydrogens is 396 g/mol. The van der Waals surface area contributed by atoms with Crippen LogP contribution in [0.1, 0.15) is 32.6 Å². The first kappa shape index (κ1) is 25.4. The van der Waals surface area contributed by atoms with Gasteiger partial charge in [-0.1, -0.05) is 6.08 Å². The summed E-state index contributed by atoms with van der Waals surface area (Å²) < 4.78 is 10.7. The molecule has 0 aromatic heterocycles. The van der Waals surface area contributed by atoms with Gasteiger partial charge < -0.3 is 30.7 Å². The molecule has 0 spiro atoms. The fraction of sp³-hybridized carbons (Fsp3) is 0.737. The Morgan fingerprint density at radius 3 is 2.48 bits per heavy atom. The topological polar surface area (TPSA) is 123 Å². The summed E-state index contributed by atoms with van der Waals surface area (Å²) in [4.78, 5) is 36.9. The molecule has 9 nitrogen and oxygen atoms in total. The summed E-state index contributed by atoms with van der Waals surface area (Å²) in [5.74, 6) is -0.178. The predicted octanol–water partition coefficient (Wildman–Crippen LogP) is -0.184. The number of rotatable bonds is 15. The molecule has 1 aliphatic heterocycles. The van der Waals surface area contributed by atoms with Crippen molar-refractivity contribution in [3.8, 4) is 0 Å². The van der Waals surface area contributed by atoms with Crippen LogP contribution in [-0.2, 0) is 23.9 Å². The molecule has 1 atom stereocenters. The lowest BCUT2D eigenvalue weighted by Gasteiger charge is -2.18. The van der Waals surface area contributed by atoms with Gasteiger partial charge in [-0.3, -0.25) is 14.4 Å². The van der Waals surface area contributed by atoms with Crippen LogP contribution in [0.3, 0.4) is 0 Å². The average molecular weight is 431 g/mol. The van der Waals surface area contributed by atoms with E-state index in [2.05, 4.69) is 23.3 Å². The molecule has 1 fully saturated rings. The number of hydrogen-bond acceptors (Lipinski definition) is 7. The van der Waals surface area contributed by atoms with Gasteiger partial charge in [-0.2, -0.15) is 12.6 Å². The molecule has 10 heteroatoms. The monoisotopic (exact) mass is 430 g/mol. The maximum absolute atomic E-state index is 11.9. The van der Waals surface area contributed by atoms with E-state index in [0.717, 1.165) is 12.1 Å². The lowest BCUT2D eigenvalue weighted by atomic mass is 10.3. The summed E-state index contributed by atoms with van der Waals surface area (Å²) >= 11 is 4.39. The molecule has 3 amide bonds. The van der Waals surface area contributed by atoms with Crippen LogP contribution >= 0.6 is 12.6 Å². The van der Waals surface area contributed by atoms with Gasteiger partial charge in [0.05, 0.1) is 31.7 Å². The Bertz CT molecular complexity index is 559. The zero-order chi connectivity index (χ0) is 21.5. The van der Waals surface area contributed by atoms with Crippen molar-refractivity contribution in [2.75, 3.05) is 52.6 Å². The Kier molecular flexibility index (Phi) is 13.4. The smallest absolute Gasteiger partial charge is 0.228 e. The van der Waals surface area contributed by atoms with Gasteiger partial charge in [0.1, 0.15) is 0 Å². The summed E-state index contributed by atoms with van der Waals surface area (Å²) in [5, 5.41) is 5.43. The second kappa shape index (κ2) is 15.3. The molecule has 1 heterocycles. The summed E-state index contributed by atoms with van der Waals surface area (Å²) in [6, 6.07) is 0. The molecule has 1 unspecified atom stereocenters. The number of nitrogens with two attached hydrogens (primary N) is 1. The third-order valence-electron chi connectivity index (χ3n) is 4.30. The largest absolute Gasteiger partial charge is 0.379 e. The Morgan fingerprint density at radius 2 is 1.79 bits per heavy atom. The van der Waals surface area contributed by atoms with E-state index in [1.807, 2.05) is 13.0 Å². The molecule has 0 radical (unpaired) electrons. The molecule has 0 bridgehead atoms. The third-order valence-corrected chi connectivity index (χ3v) is 4.74. The normalized spacial score (nSPS) is 17.8. The molecule has 1 saturated heterocycles. The number of hydrogen-bond donors (Lipinski definition) is 4. The van der Waals surface area contributed by atoms with Crippen LogP contribution < -0.4 is 16.4 Å². The molecule has 0 aromatic rings. The first-order valence-corrected chi connectivity index (χ1v) is 10.5. The lowest BCUT2D eigenvalue weighted by molar-refractivity contribution is -0.127. The number of amides is 3. The predicted molar refractivity (Wildman–Crippen MR) is 113 cm³/mol. The van der Waals surface area contributed by atoms with Crippen molar-refractivity contribution < 1.29 is 23.9 Å². The molecule has 1 rings (SSSR count). The van der Waals surface area contributed by atoms with Crippen molar-refractivity contribution in [3.05, 3.63) is 11.8 Å². The van der Waals surface area contributed by atoms with Crippen molar-refractivity contribution in [1.82, 2.24) is 15.5 Å². The van der Waals surface area contributed by atoms with Crippen molar-refractivity contribution in [2.45, 2.75) is 37.9 Å². The van der Waals surface area contributed by atoms with Gasteiger partial charge in [-0.15, -0.1) is 0 Å². The van der Waals surface area contributed by atoms with E-state index in [-0.39, 0.29) is 29.4 Å². The van der Waals surface area contributed by atoms with E-state index in [4.69, 9.17) is 15.2 Å². The highest BCUT2D eigenvalue weighted by Crippen LogP contribution is 2.27. The van der Waals surface area contributed by atoms with Gasteiger partial charge in [-0.05, 0) is 19.9 Å². The maximum Gasteiger partial charge on any atom is 0.228 e. The number of carbonyl (C=O) groups is 3. The Labute approximate surface area is 178 Å². The van der Waals surface area contributed by atoms with Crippen LogP contribution in [0.25, 0.3) is 0 Å². The standard InChI is InChI=1S/C19H34N4O5S/c1-2-15-16(29)14-19(26)23(15)9-4-17(24)22-8-11-28-13-12-27-10-5-18(25)21-7-3-6-20/h2,16,29H,3-14,20H2,1H3,(H,21,25)(H,22,24)/b15-2+. The molecule has 4 N–H and O–H groups in total. The molecule has 1 aliphatic rings. The van der Waals surface area contributed by atoms with Crippen LogP contribution in [0.15, 0.2) is 11.8 Å². The number of ether oxygens (including phenoxy) is 2. The molecular formula is C19H34N4O5S. The number of likely N-dealkylation sites (tertiary alicyclic amines) is 1. The molecule has 166 valence electrons. The highest BCUT2D eigenvalue weighted by Gasteiger charge is 2.31. The fourth-order valence-electron chi connectivity index (χ4n) is 2.78. The van der Waals surface area contributed by atoms with Gasteiger partial charge in [0, 0.05) is 44.6 Å². The van der Waals surface area contributed by atoms with E-state index < -0.39 is 0 Å². The van der Waals surface area contributed by atoms with E-state index in [1.165, 1.54) is 0 Å². The second-order valence-electron chi connectivity index (χ2n) is 6.55. The zero-order valence-electron chi connectivity index (χ0n) is 17.2. The number of nitrogens with one attached hydrogen (secondary N) is 2. The van der Waals surface area contributed by atoms with Crippen molar-refractivity contribution in [2.24, 2.45) is 5.73 Å².